The average Bonchev–Trinajstić information content (AvgIpc) is 2.85. The Balaban J connectivity index is 2.00. The molecule has 0 unspecified atom stereocenters. The lowest BCUT2D eigenvalue weighted by Crippen LogP contribution is -2.32. The van der Waals surface area contributed by atoms with Crippen LogP contribution in [0.1, 0.15) is 59.2 Å². The summed E-state index contributed by atoms with van der Waals surface area (Å²) in [4.78, 5) is 27.6. The maximum Gasteiger partial charge on any atom is 0.259 e. The maximum atomic E-state index is 13.4. The van der Waals surface area contributed by atoms with Gasteiger partial charge < -0.3 is 14.2 Å². The number of hydrogen-bond acceptors (Lipinski definition) is 4. The van der Waals surface area contributed by atoms with Gasteiger partial charge in [0, 0.05) is 49.7 Å². The molecule has 0 aliphatic carbocycles. The van der Waals surface area contributed by atoms with E-state index in [4.69, 9.17) is 4.74 Å². The van der Waals surface area contributed by atoms with Crippen molar-refractivity contribution in [2.75, 3.05) is 14.2 Å². The van der Waals surface area contributed by atoms with Gasteiger partial charge in [0.05, 0.1) is 12.8 Å². The van der Waals surface area contributed by atoms with Crippen molar-refractivity contribution in [1.29, 1.82) is 0 Å². The highest BCUT2D eigenvalue weighted by molar-refractivity contribution is 5.98. The number of methoxy groups -OCH3 is 1. The Morgan fingerprint density at radius 3 is 2.68 bits per heavy atom. The van der Waals surface area contributed by atoms with Crippen molar-refractivity contribution in [3.05, 3.63) is 44.6 Å². The summed E-state index contributed by atoms with van der Waals surface area (Å²) in [5.41, 5.74) is 4.31. The SMILES string of the molecule is CCn1nc(C)c(CN(C)C(=O)c2c(OC)cc(=O)n3c2CCCCC3)c1C. The molecule has 1 aliphatic heterocycles. The molecule has 0 aromatic carbocycles. The molecule has 0 radical (unpaired) electrons. The van der Waals surface area contributed by atoms with E-state index in [0.29, 0.717) is 30.8 Å². The van der Waals surface area contributed by atoms with Crippen LogP contribution >= 0.6 is 0 Å². The van der Waals surface area contributed by atoms with Crippen LogP contribution in [0.3, 0.4) is 0 Å². The number of amides is 1. The molecule has 0 saturated heterocycles. The molecule has 0 atom stereocenters. The Labute approximate surface area is 165 Å². The first-order valence-electron chi connectivity index (χ1n) is 9.98. The lowest BCUT2D eigenvalue weighted by molar-refractivity contribution is 0.0778. The number of hydrogen-bond donors (Lipinski definition) is 0. The number of ether oxygens (including phenoxy) is 1. The van der Waals surface area contributed by atoms with E-state index in [1.54, 1.807) is 16.5 Å². The number of carbonyl (C=O) groups is 1. The second kappa shape index (κ2) is 8.20. The highest BCUT2D eigenvalue weighted by Gasteiger charge is 2.26. The van der Waals surface area contributed by atoms with E-state index >= 15 is 0 Å². The van der Waals surface area contributed by atoms with Crippen LogP contribution in [0.2, 0.25) is 0 Å². The first kappa shape index (κ1) is 20.2. The van der Waals surface area contributed by atoms with Crippen LogP contribution in [-0.4, -0.2) is 39.3 Å². The quantitative estimate of drug-likeness (QED) is 0.792. The molecule has 0 spiro atoms. The third-order valence-corrected chi connectivity index (χ3v) is 5.68. The van der Waals surface area contributed by atoms with Crippen LogP contribution in [-0.2, 0) is 26.1 Å². The highest BCUT2D eigenvalue weighted by atomic mass is 16.5. The number of nitrogens with zero attached hydrogens (tertiary/aromatic N) is 4. The molecule has 0 fully saturated rings. The molecule has 152 valence electrons. The van der Waals surface area contributed by atoms with E-state index in [9.17, 15) is 9.59 Å². The van der Waals surface area contributed by atoms with Gasteiger partial charge in [-0.3, -0.25) is 14.3 Å². The Hall–Kier alpha value is -2.57. The van der Waals surface area contributed by atoms with Gasteiger partial charge in [-0.15, -0.1) is 0 Å². The summed E-state index contributed by atoms with van der Waals surface area (Å²) < 4.78 is 9.15. The van der Waals surface area contributed by atoms with Crippen molar-refractivity contribution < 1.29 is 9.53 Å². The van der Waals surface area contributed by atoms with Crippen molar-refractivity contribution >= 4 is 5.91 Å². The number of aromatic nitrogens is 3. The molecule has 1 aliphatic rings. The first-order chi connectivity index (χ1) is 13.4. The van der Waals surface area contributed by atoms with Crippen LogP contribution in [0.5, 0.6) is 5.75 Å². The molecular weight excluding hydrogens is 356 g/mol. The minimum Gasteiger partial charge on any atom is -0.496 e. The van der Waals surface area contributed by atoms with Gasteiger partial charge in [0.2, 0.25) is 0 Å². The Morgan fingerprint density at radius 1 is 1.29 bits per heavy atom. The van der Waals surface area contributed by atoms with Gasteiger partial charge in [-0.1, -0.05) is 6.42 Å². The topological polar surface area (TPSA) is 69.4 Å². The van der Waals surface area contributed by atoms with Gasteiger partial charge in [-0.2, -0.15) is 5.10 Å². The normalized spacial score (nSPS) is 13.8. The van der Waals surface area contributed by atoms with E-state index in [-0.39, 0.29) is 11.5 Å². The molecule has 7 nitrogen and oxygen atoms in total. The third kappa shape index (κ3) is 3.57. The first-order valence-corrected chi connectivity index (χ1v) is 9.98. The van der Waals surface area contributed by atoms with Crippen LogP contribution in [0.4, 0.5) is 0 Å². The van der Waals surface area contributed by atoms with Crippen LogP contribution in [0, 0.1) is 13.8 Å². The monoisotopic (exact) mass is 386 g/mol. The molecule has 0 N–H and O–H groups in total. The number of carbonyl (C=O) groups excluding carboxylic acids is 1. The van der Waals surface area contributed by atoms with Gasteiger partial charge in [0.15, 0.2) is 0 Å². The van der Waals surface area contributed by atoms with Crippen LogP contribution in [0.25, 0.3) is 0 Å². The maximum absolute atomic E-state index is 13.4. The predicted octanol–water partition coefficient (Wildman–Crippen LogP) is 2.69. The number of pyridine rings is 1. The fourth-order valence-corrected chi connectivity index (χ4v) is 4.08. The zero-order chi connectivity index (χ0) is 20.4. The third-order valence-electron chi connectivity index (χ3n) is 5.68. The second-order valence-electron chi connectivity index (χ2n) is 7.46. The minimum absolute atomic E-state index is 0.0936. The Bertz CT molecular complexity index is 942. The summed E-state index contributed by atoms with van der Waals surface area (Å²) in [5.74, 6) is 0.248. The predicted molar refractivity (Wildman–Crippen MR) is 108 cm³/mol. The van der Waals surface area contributed by atoms with E-state index in [2.05, 4.69) is 12.0 Å². The number of rotatable bonds is 5. The van der Waals surface area contributed by atoms with Gasteiger partial charge in [0.25, 0.3) is 11.5 Å². The second-order valence-corrected chi connectivity index (χ2v) is 7.46. The summed E-state index contributed by atoms with van der Waals surface area (Å²) in [6.07, 6.45) is 3.70. The fourth-order valence-electron chi connectivity index (χ4n) is 4.08. The smallest absolute Gasteiger partial charge is 0.259 e. The zero-order valence-electron chi connectivity index (χ0n) is 17.5. The average molecular weight is 386 g/mol. The molecular formula is C21H30N4O3. The standard InChI is InChI=1S/C21H30N4O3/c1-6-25-15(3)16(14(2)22-25)13-23(4)21(27)20-17-10-8-7-9-11-24(17)19(26)12-18(20)28-5/h12H,6-11,13H2,1-5H3. The van der Waals surface area contributed by atoms with Crippen molar-refractivity contribution in [1.82, 2.24) is 19.2 Å². The molecule has 3 heterocycles. The Morgan fingerprint density at radius 2 is 2.04 bits per heavy atom. The van der Waals surface area contributed by atoms with Crippen molar-refractivity contribution in [2.24, 2.45) is 0 Å². The summed E-state index contributed by atoms with van der Waals surface area (Å²) >= 11 is 0. The molecule has 3 rings (SSSR count). The molecule has 2 aromatic rings. The summed E-state index contributed by atoms with van der Waals surface area (Å²) in [6, 6.07) is 1.45. The van der Waals surface area contributed by atoms with Crippen molar-refractivity contribution in [2.45, 2.75) is 66.1 Å². The largest absolute Gasteiger partial charge is 0.496 e. The van der Waals surface area contributed by atoms with Crippen molar-refractivity contribution in [3.8, 4) is 5.75 Å². The molecule has 28 heavy (non-hydrogen) atoms. The van der Waals surface area contributed by atoms with E-state index in [1.165, 1.54) is 13.2 Å². The zero-order valence-corrected chi connectivity index (χ0v) is 17.5. The fraction of sp³-hybridized carbons (Fsp3) is 0.571. The highest BCUT2D eigenvalue weighted by Crippen LogP contribution is 2.27. The van der Waals surface area contributed by atoms with Gasteiger partial charge in [0.1, 0.15) is 11.3 Å². The molecule has 1 amide bonds. The molecule has 2 aromatic heterocycles. The lowest BCUT2D eigenvalue weighted by atomic mass is 10.1. The van der Waals surface area contributed by atoms with Crippen LogP contribution in [0.15, 0.2) is 10.9 Å². The Kier molecular flexibility index (Phi) is 5.91. The van der Waals surface area contributed by atoms with Gasteiger partial charge >= 0.3 is 0 Å². The van der Waals surface area contributed by atoms with Gasteiger partial charge in [-0.05, 0) is 40.0 Å². The number of aryl methyl sites for hydroxylation is 2. The summed E-state index contributed by atoms with van der Waals surface area (Å²) in [5, 5.41) is 4.55. The molecule has 0 bridgehead atoms. The summed E-state index contributed by atoms with van der Waals surface area (Å²) in [6.45, 7) is 7.99. The van der Waals surface area contributed by atoms with E-state index in [0.717, 1.165) is 48.5 Å². The summed E-state index contributed by atoms with van der Waals surface area (Å²) in [7, 11) is 3.31. The van der Waals surface area contributed by atoms with Crippen molar-refractivity contribution in [3.63, 3.8) is 0 Å². The number of fused-ring (bicyclic) bond motifs is 1. The van der Waals surface area contributed by atoms with E-state index < -0.39 is 0 Å². The van der Waals surface area contributed by atoms with E-state index in [1.807, 2.05) is 18.5 Å². The minimum atomic E-state index is -0.120. The lowest BCUT2D eigenvalue weighted by Gasteiger charge is -2.22. The molecule has 0 saturated carbocycles. The molecule has 7 heteroatoms. The van der Waals surface area contributed by atoms with Crippen LogP contribution < -0.4 is 10.3 Å². The van der Waals surface area contributed by atoms with Gasteiger partial charge in [-0.25, -0.2) is 0 Å².